The quantitative estimate of drug-likeness (QED) is 0.917. The number of sulfonamides is 1. The molecule has 0 unspecified atom stereocenters. The average Bonchev–Trinajstić information content (AvgIpc) is 2.81. The largest absolute Gasteiger partial charge is 0.381 e. The zero-order valence-corrected chi connectivity index (χ0v) is 13.2. The third-order valence-electron chi connectivity index (χ3n) is 4.24. The van der Waals surface area contributed by atoms with Crippen LogP contribution in [0.3, 0.4) is 0 Å². The second-order valence-electron chi connectivity index (χ2n) is 5.67. The van der Waals surface area contributed by atoms with Crippen LogP contribution in [0.1, 0.15) is 39.5 Å². The number of aromatic nitrogens is 2. The summed E-state index contributed by atoms with van der Waals surface area (Å²) >= 11 is 0. The molecule has 6 nitrogen and oxygen atoms in total. The van der Waals surface area contributed by atoms with Crippen molar-refractivity contribution in [2.45, 2.75) is 57.0 Å². The summed E-state index contributed by atoms with van der Waals surface area (Å²) in [6, 6.07) is 0.0700. The van der Waals surface area contributed by atoms with Crippen molar-refractivity contribution in [3.05, 3.63) is 6.20 Å². The molecule has 20 heavy (non-hydrogen) atoms. The molecule has 0 saturated heterocycles. The van der Waals surface area contributed by atoms with Crippen LogP contribution in [-0.2, 0) is 16.6 Å². The Bertz CT molecular complexity index is 559. The smallest absolute Gasteiger partial charge is 0.248 e. The van der Waals surface area contributed by atoms with Crippen molar-refractivity contribution < 1.29 is 8.42 Å². The molecule has 0 aromatic carbocycles. The van der Waals surface area contributed by atoms with Crippen LogP contribution in [0.4, 0.5) is 5.82 Å². The first-order valence-electron chi connectivity index (χ1n) is 7.17. The van der Waals surface area contributed by atoms with E-state index in [0.29, 0.717) is 12.5 Å². The molecule has 1 aromatic heterocycles. The number of nitrogens with two attached hydrogens (primary N) is 1. The lowest BCUT2D eigenvalue weighted by molar-refractivity contribution is 0.246. The Balaban J connectivity index is 2.22. The Morgan fingerprint density at radius 3 is 2.50 bits per heavy atom. The summed E-state index contributed by atoms with van der Waals surface area (Å²) in [5.74, 6) is 0.776. The predicted octanol–water partition coefficient (Wildman–Crippen LogP) is 1.68. The van der Waals surface area contributed by atoms with Crippen LogP contribution >= 0.6 is 0 Å². The number of nitrogens with zero attached hydrogens (tertiary/aromatic N) is 3. The lowest BCUT2D eigenvalue weighted by Crippen LogP contribution is -2.39. The molecule has 1 aromatic rings. The molecule has 2 rings (SSSR count). The summed E-state index contributed by atoms with van der Waals surface area (Å²) in [5.41, 5.74) is 5.75. The molecule has 114 valence electrons. The Labute approximate surface area is 121 Å². The van der Waals surface area contributed by atoms with Gasteiger partial charge in [-0.2, -0.15) is 9.40 Å². The van der Waals surface area contributed by atoms with Gasteiger partial charge in [0.15, 0.2) is 5.82 Å². The van der Waals surface area contributed by atoms with E-state index in [4.69, 9.17) is 5.73 Å². The van der Waals surface area contributed by atoms with Crippen LogP contribution in [-0.4, -0.2) is 35.6 Å². The molecule has 1 heterocycles. The number of hydrogen-bond acceptors (Lipinski definition) is 4. The van der Waals surface area contributed by atoms with Gasteiger partial charge in [-0.15, -0.1) is 0 Å². The Morgan fingerprint density at radius 1 is 1.40 bits per heavy atom. The molecule has 1 aliphatic carbocycles. The molecule has 1 fully saturated rings. The summed E-state index contributed by atoms with van der Waals surface area (Å²) in [6.07, 6.45) is 5.51. The first-order valence-corrected chi connectivity index (χ1v) is 8.61. The monoisotopic (exact) mass is 300 g/mol. The molecule has 0 amide bonds. The molecular weight excluding hydrogens is 276 g/mol. The van der Waals surface area contributed by atoms with E-state index in [-0.39, 0.29) is 16.8 Å². The van der Waals surface area contributed by atoms with Gasteiger partial charge in [0, 0.05) is 25.8 Å². The van der Waals surface area contributed by atoms with Crippen LogP contribution < -0.4 is 5.73 Å². The van der Waals surface area contributed by atoms with Gasteiger partial charge < -0.3 is 5.73 Å². The fourth-order valence-electron chi connectivity index (χ4n) is 2.74. The van der Waals surface area contributed by atoms with E-state index in [2.05, 4.69) is 12.0 Å². The van der Waals surface area contributed by atoms with Crippen molar-refractivity contribution >= 4 is 15.8 Å². The van der Waals surface area contributed by atoms with Crippen LogP contribution in [0.2, 0.25) is 0 Å². The van der Waals surface area contributed by atoms with Gasteiger partial charge in [-0.1, -0.05) is 6.92 Å². The Kier molecular flexibility index (Phi) is 4.39. The predicted molar refractivity (Wildman–Crippen MR) is 78.7 cm³/mol. The molecule has 7 heteroatoms. The minimum atomic E-state index is -3.55. The van der Waals surface area contributed by atoms with Crippen LogP contribution in [0.5, 0.6) is 0 Å². The number of aryl methyl sites for hydroxylation is 1. The zero-order chi connectivity index (χ0) is 14.9. The van der Waals surface area contributed by atoms with Gasteiger partial charge in [-0.25, -0.2) is 8.42 Å². The first-order chi connectivity index (χ1) is 9.36. The fraction of sp³-hybridized carbons (Fsp3) is 0.769. The highest BCUT2D eigenvalue weighted by molar-refractivity contribution is 7.89. The van der Waals surface area contributed by atoms with Gasteiger partial charge >= 0.3 is 0 Å². The van der Waals surface area contributed by atoms with E-state index in [1.54, 1.807) is 11.7 Å². The van der Waals surface area contributed by atoms with Gasteiger partial charge in [-0.3, -0.25) is 4.68 Å². The third-order valence-corrected chi connectivity index (χ3v) is 6.16. The van der Waals surface area contributed by atoms with E-state index in [1.807, 2.05) is 6.92 Å². The van der Waals surface area contributed by atoms with E-state index in [0.717, 1.165) is 25.7 Å². The minimum Gasteiger partial charge on any atom is -0.381 e. The number of rotatable bonds is 4. The highest BCUT2D eigenvalue weighted by atomic mass is 32.2. The van der Waals surface area contributed by atoms with E-state index in [1.165, 1.54) is 10.5 Å². The Hall–Kier alpha value is -1.08. The molecule has 1 saturated carbocycles. The van der Waals surface area contributed by atoms with Crippen molar-refractivity contribution in [2.24, 2.45) is 5.92 Å². The van der Waals surface area contributed by atoms with Gasteiger partial charge in [0.05, 0.1) is 0 Å². The second-order valence-corrected chi connectivity index (χ2v) is 7.64. The standard InChI is InChI=1S/C13H24N4O2S/c1-4-17-9-12(13(14)15-17)20(18,19)16(3)11-7-5-10(2)6-8-11/h9-11H,4-8H2,1-3H3,(H2,14,15). The number of anilines is 1. The number of nitrogen functional groups attached to an aromatic ring is 1. The molecule has 0 aliphatic heterocycles. The molecule has 1 aliphatic rings. The highest BCUT2D eigenvalue weighted by Crippen LogP contribution is 2.30. The van der Waals surface area contributed by atoms with Crippen LogP contribution in [0.25, 0.3) is 0 Å². The van der Waals surface area contributed by atoms with Gasteiger partial charge in [0.1, 0.15) is 4.90 Å². The maximum Gasteiger partial charge on any atom is 0.248 e. The molecular formula is C13H24N4O2S. The van der Waals surface area contributed by atoms with Gasteiger partial charge in [0.2, 0.25) is 10.0 Å². The van der Waals surface area contributed by atoms with E-state index in [9.17, 15) is 8.42 Å². The molecule has 0 radical (unpaired) electrons. The van der Waals surface area contributed by atoms with E-state index >= 15 is 0 Å². The molecule has 0 bridgehead atoms. The van der Waals surface area contributed by atoms with Gasteiger partial charge in [0.25, 0.3) is 0 Å². The van der Waals surface area contributed by atoms with Crippen LogP contribution in [0, 0.1) is 5.92 Å². The fourth-order valence-corrected chi connectivity index (χ4v) is 4.21. The highest BCUT2D eigenvalue weighted by Gasteiger charge is 2.32. The maximum absolute atomic E-state index is 12.7. The molecule has 2 N–H and O–H groups in total. The third kappa shape index (κ3) is 2.83. The van der Waals surface area contributed by atoms with Crippen molar-refractivity contribution in [1.82, 2.24) is 14.1 Å². The normalized spacial score (nSPS) is 24.2. The van der Waals surface area contributed by atoms with Gasteiger partial charge in [-0.05, 0) is 38.5 Å². The topological polar surface area (TPSA) is 81.2 Å². The summed E-state index contributed by atoms with van der Waals surface area (Å²) in [7, 11) is -1.90. The molecule has 0 atom stereocenters. The average molecular weight is 300 g/mol. The summed E-state index contributed by atoms with van der Waals surface area (Å²) < 4.78 is 28.3. The van der Waals surface area contributed by atoms with Crippen molar-refractivity contribution in [1.29, 1.82) is 0 Å². The second kappa shape index (κ2) is 5.73. The number of hydrogen-bond donors (Lipinski definition) is 1. The van der Waals surface area contributed by atoms with E-state index < -0.39 is 10.0 Å². The van der Waals surface area contributed by atoms with Crippen molar-refractivity contribution in [3.63, 3.8) is 0 Å². The SMILES string of the molecule is CCn1cc(S(=O)(=O)N(C)C2CCC(C)CC2)c(N)n1. The lowest BCUT2D eigenvalue weighted by Gasteiger charge is -2.32. The summed E-state index contributed by atoms with van der Waals surface area (Å²) in [5, 5.41) is 4.02. The van der Waals surface area contributed by atoms with Crippen molar-refractivity contribution in [3.8, 4) is 0 Å². The summed E-state index contributed by atoms with van der Waals surface area (Å²) in [6.45, 7) is 4.72. The summed E-state index contributed by atoms with van der Waals surface area (Å²) in [4.78, 5) is 0.125. The molecule has 0 spiro atoms. The zero-order valence-electron chi connectivity index (χ0n) is 12.4. The first kappa shape index (κ1) is 15.3. The maximum atomic E-state index is 12.7. The lowest BCUT2D eigenvalue weighted by atomic mass is 9.87. The van der Waals surface area contributed by atoms with Crippen molar-refractivity contribution in [2.75, 3.05) is 12.8 Å². The van der Waals surface area contributed by atoms with Crippen LogP contribution in [0.15, 0.2) is 11.1 Å². The Morgan fingerprint density at radius 2 is 2.00 bits per heavy atom. The minimum absolute atomic E-state index is 0.0700.